The average molecular weight is 469 g/mol. The predicted octanol–water partition coefficient (Wildman–Crippen LogP) is 6.65. The van der Waals surface area contributed by atoms with Crippen LogP contribution in [-0.4, -0.2) is 18.4 Å². The molecule has 9 heteroatoms. The van der Waals surface area contributed by atoms with Crippen molar-refractivity contribution < 1.29 is 27.1 Å². The van der Waals surface area contributed by atoms with E-state index in [4.69, 9.17) is 0 Å². The lowest BCUT2D eigenvalue weighted by molar-refractivity contribution is -0.253. The summed E-state index contributed by atoms with van der Waals surface area (Å²) >= 11 is 1.35. The Labute approximate surface area is 188 Å². The molecule has 0 fully saturated rings. The molecule has 0 aliphatic heterocycles. The molecule has 172 valence electrons. The third-order valence-electron chi connectivity index (χ3n) is 6.22. The largest absolute Gasteiger partial charge is 0.461 e. The fourth-order valence-corrected chi connectivity index (χ4v) is 5.10. The molecule has 0 radical (unpaired) electrons. The standard InChI is InChI=1S/C23H24F4N2O2S/c1-4-22(2,3)14-8-9-16-17(12-28)20(32-18(16)11-14)29-19(30)13-6-5-7-15(10-13)31-23(26,27)21(24)25/h5-7,10,14,21H,4,8-9,11H2,1-3H3,(H,29,30). The number of carbonyl (C=O) groups excluding carboxylic acids is 1. The number of nitrogens with one attached hydrogen (secondary N) is 1. The Kier molecular flexibility index (Phi) is 6.84. The van der Waals surface area contributed by atoms with E-state index in [1.54, 1.807) is 0 Å². The normalized spacial score (nSPS) is 16.4. The van der Waals surface area contributed by atoms with Crippen LogP contribution in [0.5, 0.6) is 5.75 Å². The van der Waals surface area contributed by atoms with Gasteiger partial charge in [-0.25, -0.2) is 0 Å². The van der Waals surface area contributed by atoms with Crippen molar-refractivity contribution in [1.29, 1.82) is 5.26 Å². The van der Waals surface area contributed by atoms with E-state index < -0.39 is 24.2 Å². The summed E-state index contributed by atoms with van der Waals surface area (Å²) in [4.78, 5) is 13.8. The van der Waals surface area contributed by atoms with Gasteiger partial charge in [-0.15, -0.1) is 11.3 Å². The number of rotatable bonds is 7. The van der Waals surface area contributed by atoms with E-state index >= 15 is 0 Å². The number of hydrogen-bond donors (Lipinski definition) is 1. The summed E-state index contributed by atoms with van der Waals surface area (Å²) in [5.41, 5.74) is 1.48. The van der Waals surface area contributed by atoms with Crippen LogP contribution in [0.4, 0.5) is 22.6 Å². The van der Waals surface area contributed by atoms with Crippen LogP contribution >= 0.6 is 11.3 Å². The molecule has 0 saturated carbocycles. The molecule has 0 bridgehead atoms. The van der Waals surface area contributed by atoms with Gasteiger partial charge in [0.2, 0.25) is 0 Å². The van der Waals surface area contributed by atoms with Gasteiger partial charge in [-0.05, 0) is 54.4 Å². The van der Waals surface area contributed by atoms with Crippen LogP contribution in [0.1, 0.15) is 60.0 Å². The molecule has 4 nitrogen and oxygen atoms in total. The molecule has 1 unspecified atom stereocenters. The van der Waals surface area contributed by atoms with Crippen molar-refractivity contribution in [2.75, 3.05) is 5.32 Å². The fourth-order valence-electron chi connectivity index (χ4n) is 3.83. The number of nitriles is 1. The lowest BCUT2D eigenvalue weighted by Gasteiger charge is -2.36. The molecule has 0 spiro atoms. The molecule has 3 rings (SSSR count). The summed E-state index contributed by atoms with van der Waals surface area (Å²) < 4.78 is 55.2. The number of amides is 1. The van der Waals surface area contributed by atoms with E-state index in [1.807, 2.05) is 0 Å². The Bertz CT molecular complexity index is 1040. The van der Waals surface area contributed by atoms with Crippen molar-refractivity contribution in [2.45, 2.75) is 59.0 Å². The van der Waals surface area contributed by atoms with Crippen LogP contribution in [0.3, 0.4) is 0 Å². The van der Waals surface area contributed by atoms with Gasteiger partial charge in [0.25, 0.3) is 5.91 Å². The minimum Gasteiger partial charge on any atom is -0.428 e. The summed E-state index contributed by atoms with van der Waals surface area (Å²) in [5, 5.41) is 12.8. The number of thiophene rings is 1. The van der Waals surface area contributed by atoms with Gasteiger partial charge in [0.15, 0.2) is 0 Å². The van der Waals surface area contributed by atoms with Crippen LogP contribution in [0.25, 0.3) is 0 Å². The second-order valence-corrected chi connectivity index (χ2v) is 9.65. The van der Waals surface area contributed by atoms with Crippen LogP contribution in [0, 0.1) is 22.7 Å². The highest BCUT2D eigenvalue weighted by Crippen LogP contribution is 2.45. The maximum Gasteiger partial charge on any atom is 0.461 e. The first-order chi connectivity index (χ1) is 15.0. The zero-order valence-corrected chi connectivity index (χ0v) is 18.8. The zero-order chi connectivity index (χ0) is 23.7. The summed E-state index contributed by atoms with van der Waals surface area (Å²) in [6.07, 6.45) is -5.08. The molecule has 1 aliphatic carbocycles. The van der Waals surface area contributed by atoms with Gasteiger partial charge < -0.3 is 10.1 Å². The van der Waals surface area contributed by atoms with Crippen LogP contribution in [0.15, 0.2) is 24.3 Å². The first-order valence-electron chi connectivity index (χ1n) is 10.3. The van der Waals surface area contributed by atoms with Gasteiger partial charge in [-0.3, -0.25) is 4.79 Å². The number of carbonyl (C=O) groups is 1. The molecule has 1 amide bonds. The van der Waals surface area contributed by atoms with Crippen molar-refractivity contribution in [3.63, 3.8) is 0 Å². The van der Waals surface area contributed by atoms with E-state index in [-0.39, 0.29) is 11.0 Å². The Morgan fingerprint density at radius 2 is 2.09 bits per heavy atom. The smallest absolute Gasteiger partial charge is 0.428 e. The number of hydrogen-bond acceptors (Lipinski definition) is 4. The van der Waals surface area contributed by atoms with Crippen LogP contribution in [0.2, 0.25) is 0 Å². The number of halogens is 4. The topological polar surface area (TPSA) is 62.1 Å². The van der Waals surface area contributed by atoms with Gasteiger partial charge in [0.1, 0.15) is 16.8 Å². The molecule has 1 N–H and O–H groups in total. The van der Waals surface area contributed by atoms with E-state index in [1.165, 1.54) is 23.5 Å². The summed E-state index contributed by atoms with van der Waals surface area (Å²) in [5.74, 6) is -0.728. The van der Waals surface area contributed by atoms with E-state index in [9.17, 15) is 27.6 Å². The lowest BCUT2D eigenvalue weighted by atomic mass is 9.69. The molecule has 1 atom stereocenters. The minimum absolute atomic E-state index is 0.0483. The van der Waals surface area contributed by atoms with E-state index in [2.05, 4.69) is 36.9 Å². The van der Waals surface area contributed by atoms with Gasteiger partial charge in [0, 0.05) is 10.4 Å². The molecule has 0 saturated heterocycles. The quantitative estimate of drug-likeness (QED) is 0.463. The third kappa shape index (κ3) is 4.90. The number of ether oxygens (including phenoxy) is 1. The molecular weight excluding hydrogens is 444 g/mol. The minimum atomic E-state index is -4.67. The second kappa shape index (κ2) is 9.10. The Morgan fingerprint density at radius 3 is 2.72 bits per heavy atom. The number of nitrogens with zero attached hydrogens (tertiary/aromatic N) is 1. The fraction of sp³-hybridized carbons (Fsp3) is 0.478. The van der Waals surface area contributed by atoms with E-state index in [0.29, 0.717) is 16.5 Å². The van der Waals surface area contributed by atoms with Gasteiger partial charge in [-0.1, -0.05) is 33.3 Å². The van der Waals surface area contributed by atoms with Crippen molar-refractivity contribution >= 4 is 22.2 Å². The Morgan fingerprint density at radius 1 is 1.38 bits per heavy atom. The maximum atomic E-state index is 13.2. The molecular formula is C23H24F4N2O2S. The average Bonchev–Trinajstić information content (AvgIpc) is 3.09. The Balaban J connectivity index is 1.81. The number of alkyl halides is 4. The van der Waals surface area contributed by atoms with Gasteiger partial charge in [-0.2, -0.15) is 22.8 Å². The monoisotopic (exact) mass is 468 g/mol. The van der Waals surface area contributed by atoms with Crippen molar-refractivity contribution in [2.24, 2.45) is 11.3 Å². The predicted molar refractivity (Wildman–Crippen MR) is 115 cm³/mol. The molecule has 1 aliphatic rings. The highest BCUT2D eigenvalue weighted by molar-refractivity contribution is 7.16. The number of benzene rings is 1. The first-order valence-corrected chi connectivity index (χ1v) is 11.1. The van der Waals surface area contributed by atoms with Crippen LogP contribution < -0.4 is 10.1 Å². The maximum absolute atomic E-state index is 13.2. The third-order valence-corrected chi connectivity index (χ3v) is 7.39. The summed E-state index contributed by atoms with van der Waals surface area (Å²) in [7, 11) is 0. The highest BCUT2D eigenvalue weighted by atomic mass is 32.1. The second-order valence-electron chi connectivity index (χ2n) is 8.55. The molecule has 32 heavy (non-hydrogen) atoms. The molecule has 1 aromatic carbocycles. The molecule has 1 heterocycles. The van der Waals surface area contributed by atoms with Gasteiger partial charge >= 0.3 is 12.5 Å². The lowest BCUT2D eigenvalue weighted by Crippen LogP contribution is -2.33. The zero-order valence-electron chi connectivity index (χ0n) is 18.0. The number of fused-ring (bicyclic) bond motifs is 1. The van der Waals surface area contributed by atoms with E-state index in [0.717, 1.165) is 48.3 Å². The van der Waals surface area contributed by atoms with Crippen molar-refractivity contribution in [3.8, 4) is 11.8 Å². The summed E-state index contributed by atoms with van der Waals surface area (Å²) in [6, 6.07) is 6.80. The van der Waals surface area contributed by atoms with Crippen LogP contribution in [-0.2, 0) is 12.8 Å². The highest BCUT2D eigenvalue weighted by Gasteiger charge is 2.44. The van der Waals surface area contributed by atoms with Crippen molar-refractivity contribution in [3.05, 3.63) is 45.8 Å². The van der Waals surface area contributed by atoms with Gasteiger partial charge in [0.05, 0.1) is 5.56 Å². The SMILES string of the molecule is CCC(C)(C)C1CCc2c(sc(NC(=O)c3cccc(OC(F)(F)C(F)F)c3)c2C#N)C1. The molecule has 2 aromatic rings. The first kappa shape index (κ1) is 24.1. The summed E-state index contributed by atoms with van der Waals surface area (Å²) in [6.45, 7) is 6.62. The molecule has 1 aromatic heterocycles. The van der Waals surface area contributed by atoms with Crippen molar-refractivity contribution in [1.82, 2.24) is 0 Å². The Hall–Kier alpha value is -2.60. The number of anilines is 1.